The summed E-state index contributed by atoms with van der Waals surface area (Å²) < 4.78 is 0. The number of fused-ring (bicyclic) bond motifs is 1. The Morgan fingerprint density at radius 3 is 2.80 bits per heavy atom. The number of rotatable bonds is 2. The highest BCUT2D eigenvalue weighted by atomic mass is 14.7. The number of H-pyrrole nitrogens is 2. The van der Waals surface area contributed by atoms with Gasteiger partial charge in [-0.2, -0.15) is 0 Å². The molecule has 0 aliphatic carbocycles. The average Bonchev–Trinajstić information content (AvgIpc) is 2.86. The number of hydrogen-bond donors (Lipinski definition) is 2. The van der Waals surface area contributed by atoms with Gasteiger partial charge >= 0.3 is 0 Å². The van der Waals surface area contributed by atoms with Crippen LogP contribution in [0.5, 0.6) is 0 Å². The zero-order valence-corrected chi connectivity index (χ0v) is 8.33. The molecule has 0 saturated heterocycles. The van der Waals surface area contributed by atoms with Gasteiger partial charge < -0.3 is 9.97 Å². The third kappa shape index (κ3) is 1.54. The molecule has 3 aromatic rings. The fraction of sp³-hybridized carbons (Fsp3) is 0.0769. The lowest BCUT2D eigenvalue weighted by atomic mass is 10.2. The second kappa shape index (κ2) is 3.31. The van der Waals surface area contributed by atoms with Gasteiger partial charge in [-0.3, -0.25) is 0 Å². The van der Waals surface area contributed by atoms with Crippen molar-refractivity contribution in [3.05, 3.63) is 60.0 Å². The van der Waals surface area contributed by atoms with Crippen LogP contribution in [0.2, 0.25) is 0 Å². The lowest BCUT2D eigenvalue weighted by molar-refractivity contribution is 1.12. The van der Waals surface area contributed by atoms with E-state index in [2.05, 4.69) is 46.4 Å². The van der Waals surface area contributed by atoms with Crippen LogP contribution in [-0.2, 0) is 6.42 Å². The maximum atomic E-state index is 3.42. The summed E-state index contributed by atoms with van der Waals surface area (Å²) in [7, 11) is 0. The van der Waals surface area contributed by atoms with Crippen molar-refractivity contribution in [3.63, 3.8) is 0 Å². The van der Waals surface area contributed by atoms with Gasteiger partial charge in [-0.25, -0.2) is 0 Å². The predicted octanol–water partition coefficient (Wildman–Crippen LogP) is 3.09. The van der Waals surface area contributed by atoms with Crippen LogP contribution >= 0.6 is 0 Å². The Labute approximate surface area is 88.0 Å². The van der Waals surface area contributed by atoms with E-state index in [1.54, 1.807) is 0 Å². The number of aromatic amines is 2. The molecule has 15 heavy (non-hydrogen) atoms. The summed E-state index contributed by atoms with van der Waals surface area (Å²) in [5, 5.41) is 1.28. The third-order valence-corrected chi connectivity index (χ3v) is 2.64. The smallest absolute Gasteiger partial charge is 0.0456 e. The van der Waals surface area contributed by atoms with Gasteiger partial charge in [0.15, 0.2) is 0 Å². The normalized spacial score (nSPS) is 10.9. The minimum Gasteiger partial charge on any atom is -0.367 e. The topological polar surface area (TPSA) is 31.6 Å². The standard InChI is InChI=1S/C13H12N2/c1-2-4-13-11(3-1)8-12(15-13)7-10-5-6-14-9-10/h1-6,8-9,14-15H,7H2. The summed E-state index contributed by atoms with van der Waals surface area (Å²) in [5.74, 6) is 0. The molecule has 0 aliphatic rings. The van der Waals surface area contributed by atoms with Crippen molar-refractivity contribution in [1.29, 1.82) is 0 Å². The van der Waals surface area contributed by atoms with E-state index in [4.69, 9.17) is 0 Å². The number of aromatic nitrogens is 2. The first-order valence-electron chi connectivity index (χ1n) is 5.10. The highest BCUT2D eigenvalue weighted by Gasteiger charge is 2.00. The van der Waals surface area contributed by atoms with Crippen LogP contribution in [0.4, 0.5) is 0 Å². The number of benzene rings is 1. The van der Waals surface area contributed by atoms with Gasteiger partial charge in [-0.1, -0.05) is 18.2 Å². The lowest BCUT2D eigenvalue weighted by Gasteiger charge is -1.92. The SMILES string of the molecule is c1ccc2[nH]c(Cc3cc[nH]c3)cc2c1. The highest BCUT2D eigenvalue weighted by Crippen LogP contribution is 2.16. The summed E-state index contributed by atoms with van der Waals surface area (Å²) in [6.45, 7) is 0. The van der Waals surface area contributed by atoms with Crippen molar-refractivity contribution in [2.45, 2.75) is 6.42 Å². The largest absolute Gasteiger partial charge is 0.367 e. The van der Waals surface area contributed by atoms with Crippen LogP contribution in [0.15, 0.2) is 48.8 Å². The molecule has 2 heteroatoms. The van der Waals surface area contributed by atoms with E-state index in [0.717, 1.165) is 6.42 Å². The molecule has 0 radical (unpaired) electrons. The first kappa shape index (κ1) is 8.36. The predicted molar refractivity (Wildman–Crippen MR) is 61.9 cm³/mol. The molecular weight excluding hydrogens is 184 g/mol. The molecule has 2 heterocycles. The molecule has 2 aromatic heterocycles. The Bertz CT molecular complexity index is 528. The molecule has 0 spiro atoms. The molecule has 0 unspecified atom stereocenters. The maximum absolute atomic E-state index is 3.42. The van der Waals surface area contributed by atoms with Crippen molar-refractivity contribution < 1.29 is 0 Å². The number of hydrogen-bond acceptors (Lipinski definition) is 0. The van der Waals surface area contributed by atoms with Gasteiger partial charge in [0.1, 0.15) is 0 Å². The third-order valence-electron chi connectivity index (χ3n) is 2.64. The minimum absolute atomic E-state index is 0.957. The van der Waals surface area contributed by atoms with Crippen molar-refractivity contribution in [1.82, 2.24) is 9.97 Å². The van der Waals surface area contributed by atoms with Crippen LogP contribution in [-0.4, -0.2) is 9.97 Å². The van der Waals surface area contributed by atoms with E-state index in [0.29, 0.717) is 0 Å². The Morgan fingerprint density at radius 1 is 1.07 bits per heavy atom. The molecule has 0 atom stereocenters. The zero-order valence-electron chi connectivity index (χ0n) is 8.33. The highest BCUT2D eigenvalue weighted by molar-refractivity contribution is 5.80. The summed E-state index contributed by atoms with van der Waals surface area (Å²) in [6.07, 6.45) is 4.95. The Hall–Kier alpha value is -1.96. The van der Waals surface area contributed by atoms with E-state index in [-0.39, 0.29) is 0 Å². The summed E-state index contributed by atoms with van der Waals surface area (Å²) in [4.78, 5) is 6.49. The maximum Gasteiger partial charge on any atom is 0.0456 e. The molecule has 3 rings (SSSR count). The van der Waals surface area contributed by atoms with Gasteiger partial charge in [0, 0.05) is 30.0 Å². The van der Waals surface area contributed by atoms with E-state index in [1.807, 2.05) is 12.4 Å². The minimum atomic E-state index is 0.957. The van der Waals surface area contributed by atoms with E-state index < -0.39 is 0 Å². The first-order chi connectivity index (χ1) is 7.42. The van der Waals surface area contributed by atoms with Gasteiger partial charge in [-0.15, -0.1) is 0 Å². The van der Waals surface area contributed by atoms with Crippen LogP contribution < -0.4 is 0 Å². The second-order valence-electron chi connectivity index (χ2n) is 3.78. The van der Waals surface area contributed by atoms with Gasteiger partial charge in [0.2, 0.25) is 0 Å². The molecular formula is C13H12N2. The molecule has 0 fully saturated rings. The number of para-hydroxylation sites is 1. The van der Waals surface area contributed by atoms with Gasteiger partial charge in [0.25, 0.3) is 0 Å². The first-order valence-corrected chi connectivity index (χ1v) is 5.10. The summed E-state index contributed by atoms with van der Waals surface area (Å²) in [5.41, 5.74) is 3.78. The fourth-order valence-corrected chi connectivity index (χ4v) is 1.92. The monoisotopic (exact) mass is 196 g/mol. The van der Waals surface area contributed by atoms with Crippen molar-refractivity contribution in [2.24, 2.45) is 0 Å². The Balaban J connectivity index is 1.98. The van der Waals surface area contributed by atoms with E-state index >= 15 is 0 Å². The van der Waals surface area contributed by atoms with Crippen LogP contribution in [0.1, 0.15) is 11.3 Å². The molecule has 0 amide bonds. The fourth-order valence-electron chi connectivity index (χ4n) is 1.92. The van der Waals surface area contributed by atoms with Crippen LogP contribution in [0.3, 0.4) is 0 Å². The molecule has 2 nitrogen and oxygen atoms in total. The summed E-state index contributed by atoms with van der Waals surface area (Å²) in [6, 6.07) is 12.7. The van der Waals surface area contributed by atoms with Gasteiger partial charge in [-0.05, 0) is 29.1 Å². The molecule has 1 aromatic carbocycles. The lowest BCUT2D eigenvalue weighted by Crippen LogP contribution is -1.84. The van der Waals surface area contributed by atoms with E-state index in [1.165, 1.54) is 22.2 Å². The quantitative estimate of drug-likeness (QED) is 0.631. The van der Waals surface area contributed by atoms with E-state index in [9.17, 15) is 0 Å². The summed E-state index contributed by atoms with van der Waals surface area (Å²) >= 11 is 0. The van der Waals surface area contributed by atoms with Crippen LogP contribution in [0, 0.1) is 0 Å². The average molecular weight is 196 g/mol. The van der Waals surface area contributed by atoms with Crippen molar-refractivity contribution >= 4 is 10.9 Å². The van der Waals surface area contributed by atoms with Gasteiger partial charge in [0.05, 0.1) is 0 Å². The van der Waals surface area contributed by atoms with Crippen molar-refractivity contribution in [3.8, 4) is 0 Å². The number of nitrogens with one attached hydrogen (secondary N) is 2. The molecule has 0 aliphatic heterocycles. The molecule has 2 N–H and O–H groups in total. The Morgan fingerprint density at radius 2 is 2.00 bits per heavy atom. The molecule has 0 saturated carbocycles. The zero-order chi connectivity index (χ0) is 10.1. The van der Waals surface area contributed by atoms with Crippen LogP contribution in [0.25, 0.3) is 10.9 Å². The second-order valence-corrected chi connectivity index (χ2v) is 3.78. The Kier molecular flexibility index (Phi) is 1.85. The molecule has 74 valence electrons. The van der Waals surface area contributed by atoms with Crippen molar-refractivity contribution in [2.75, 3.05) is 0 Å². The molecule has 0 bridgehead atoms.